The first kappa shape index (κ1) is 25.4. The lowest BCUT2D eigenvalue weighted by atomic mass is 9.93. The van der Waals surface area contributed by atoms with Gasteiger partial charge in [-0.05, 0) is 42.0 Å². The second-order valence-corrected chi connectivity index (χ2v) is 10.7. The van der Waals surface area contributed by atoms with E-state index < -0.39 is 21.8 Å². The fraction of sp³-hybridized carbons (Fsp3) is 0.172. The number of ether oxygens (including phenoxy) is 1. The van der Waals surface area contributed by atoms with Crippen molar-refractivity contribution in [2.45, 2.75) is 0 Å². The number of benzene rings is 3. The van der Waals surface area contributed by atoms with Crippen LogP contribution in [-0.4, -0.2) is 62.7 Å². The number of fused-ring (bicyclic) bond motifs is 1. The lowest BCUT2D eigenvalue weighted by Gasteiger charge is -2.34. The molecule has 0 saturated carbocycles. The van der Waals surface area contributed by atoms with E-state index in [1.165, 1.54) is 14.6 Å². The summed E-state index contributed by atoms with van der Waals surface area (Å²) in [6.45, 7) is 1.38. The zero-order chi connectivity index (χ0) is 26.7. The second kappa shape index (κ2) is 10.6. The molecule has 2 aliphatic heterocycles. The normalized spacial score (nSPS) is 17.8. The van der Waals surface area contributed by atoms with E-state index in [0.29, 0.717) is 41.2 Å². The molecule has 3 aromatic carbocycles. The van der Waals surface area contributed by atoms with Crippen LogP contribution in [0.1, 0.15) is 21.5 Å². The maximum Gasteiger partial charge on any atom is 0.267 e. The number of sulfonamides is 1. The van der Waals surface area contributed by atoms with Crippen molar-refractivity contribution in [3.05, 3.63) is 107 Å². The minimum Gasteiger partial charge on any atom is -0.497 e. The van der Waals surface area contributed by atoms with Crippen molar-refractivity contribution in [2.24, 2.45) is 0 Å². The molecule has 9 heteroatoms. The highest BCUT2D eigenvalue weighted by Gasteiger charge is 2.36. The van der Waals surface area contributed by atoms with Crippen LogP contribution in [0.25, 0.3) is 11.6 Å². The summed E-state index contributed by atoms with van der Waals surface area (Å²) >= 11 is 0. The van der Waals surface area contributed by atoms with Gasteiger partial charge in [-0.2, -0.15) is 4.31 Å². The van der Waals surface area contributed by atoms with Crippen LogP contribution in [-0.2, 0) is 14.8 Å². The topological polar surface area (TPSA) is 87.2 Å². The second-order valence-electron chi connectivity index (χ2n) is 8.93. The first-order chi connectivity index (χ1) is 18.4. The number of methoxy groups -OCH3 is 1. The standard InChI is InChI=1S/C29H27N3O5S/c1-37-24-13-11-23(12-14-24)32-28(33)26-10-6-5-9-25(26)27(29(32)34)21-30-16-18-31(19-17-30)38(35,36)20-15-22-7-3-2-4-8-22/h2-15,20-21H,16-19H2,1H3. The Morgan fingerprint density at radius 3 is 2.05 bits per heavy atom. The van der Waals surface area contributed by atoms with Gasteiger partial charge in [0, 0.05) is 48.9 Å². The number of rotatable bonds is 6. The van der Waals surface area contributed by atoms with Crippen LogP contribution in [0.15, 0.2) is 90.5 Å². The first-order valence-corrected chi connectivity index (χ1v) is 13.7. The molecule has 194 valence electrons. The summed E-state index contributed by atoms with van der Waals surface area (Å²) in [7, 11) is -2.03. The molecule has 0 atom stereocenters. The van der Waals surface area contributed by atoms with Gasteiger partial charge in [0.1, 0.15) is 5.75 Å². The summed E-state index contributed by atoms with van der Waals surface area (Å²) in [6.07, 6.45) is 3.33. The van der Waals surface area contributed by atoms with E-state index in [4.69, 9.17) is 4.74 Å². The average molecular weight is 530 g/mol. The SMILES string of the molecule is COc1ccc(N2C(=O)C(=CN3CCN(S(=O)(=O)C=Cc4ccccc4)CC3)c3ccccc3C2=O)cc1. The quantitative estimate of drug-likeness (QED) is 0.356. The summed E-state index contributed by atoms with van der Waals surface area (Å²) in [5.41, 5.74) is 2.64. The highest BCUT2D eigenvalue weighted by Crippen LogP contribution is 2.33. The molecule has 38 heavy (non-hydrogen) atoms. The Labute approximate surface area is 222 Å². The molecular formula is C29H27N3O5S. The number of imide groups is 1. The third kappa shape index (κ3) is 5.11. The van der Waals surface area contributed by atoms with Crippen molar-refractivity contribution >= 4 is 39.2 Å². The summed E-state index contributed by atoms with van der Waals surface area (Å²) in [4.78, 5) is 30.0. The number of nitrogens with zero attached hydrogens (tertiary/aromatic N) is 3. The molecule has 8 nitrogen and oxygen atoms in total. The summed E-state index contributed by atoms with van der Waals surface area (Å²) in [5.74, 6) is -0.206. The van der Waals surface area contributed by atoms with Crippen LogP contribution in [0.3, 0.4) is 0 Å². The summed E-state index contributed by atoms with van der Waals surface area (Å²) in [6, 6.07) is 23.0. The van der Waals surface area contributed by atoms with Gasteiger partial charge in [-0.3, -0.25) is 9.59 Å². The van der Waals surface area contributed by atoms with Gasteiger partial charge in [-0.25, -0.2) is 13.3 Å². The zero-order valence-electron chi connectivity index (χ0n) is 20.9. The predicted octanol–water partition coefficient (Wildman–Crippen LogP) is 3.84. The molecule has 3 aromatic rings. The number of hydrogen-bond acceptors (Lipinski definition) is 6. The summed E-state index contributed by atoms with van der Waals surface area (Å²) < 4.78 is 32.3. The number of carbonyl (C=O) groups is 2. The number of piperazine rings is 1. The van der Waals surface area contributed by atoms with E-state index in [0.717, 1.165) is 5.56 Å². The molecule has 0 aliphatic carbocycles. The van der Waals surface area contributed by atoms with Gasteiger partial charge in [0.2, 0.25) is 10.0 Å². The highest BCUT2D eigenvalue weighted by molar-refractivity contribution is 7.92. The van der Waals surface area contributed by atoms with E-state index in [2.05, 4.69) is 0 Å². The third-order valence-electron chi connectivity index (χ3n) is 6.59. The van der Waals surface area contributed by atoms with Gasteiger partial charge in [0.15, 0.2) is 0 Å². The van der Waals surface area contributed by atoms with Crippen LogP contribution in [0.2, 0.25) is 0 Å². The molecule has 0 radical (unpaired) electrons. The van der Waals surface area contributed by atoms with Gasteiger partial charge in [0.05, 0.1) is 18.4 Å². The summed E-state index contributed by atoms with van der Waals surface area (Å²) in [5, 5.41) is 1.23. The van der Waals surface area contributed by atoms with Crippen molar-refractivity contribution in [2.75, 3.05) is 38.2 Å². The van der Waals surface area contributed by atoms with Gasteiger partial charge in [-0.1, -0.05) is 48.5 Å². The molecule has 1 saturated heterocycles. The highest BCUT2D eigenvalue weighted by atomic mass is 32.2. The van der Waals surface area contributed by atoms with Crippen LogP contribution in [0.5, 0.6) is 5.75 Å². The minimum atomic E-state index is -3.58. The molecule has 0 aromatic heterocycles. The van der Waals surface area contributed by atoms with E-state index >= 15 is 0 Å². The first-order valence-electron chi connectivity index (χ1n) is 12.2. The lowest BCUT2D eigenvalue weighted by Crippen LogP contribution is -2.47. The van der Waals surface area contributed by atoms with Crippen molar-refractivity contribution in [3.8, 4) is 5.75 Å². The van der Waals surface area contributed by atoms with Gasteiger partial charge in [-0.15, -0.1) is 0 Å². The molecule has 0 N–H and O–H groups in total. The number of anilines is 1. The van der Waals surface area contributed by atoms with Crippen LogP contribution in [0.4, 0.5) is 5.69 Å². The Bertz CT molecular complexity index is 1510. The Morgan fingerprint density at radius 2 is 1.39 bits per heavy atom. The Balaban J connectivity index is 1.37. The molecule has 0 spiro atoms. The number of amides is 2. The number of hydrogen-bond donors (Lipinski definition) is 0. The largest absolute Gasteiger partial charge is 0.497 e. The maximum absolute atomic E-state index is 13.6. The van der Waals surface area contributed by atoms with E-state index in [9.17, 15) is 18.0 Å². The van der Waals surface area contributed by atoms with Crippen molar-refractivity contribution in [1.29, 1.82) is 0 Å². The van der Waals surface area contributed by atoms with Gasteiger partial charge < -0.3 is 9.64 Å². The van der Waals surface area contributed by atoms with Crippen molar-refractivity contribution in [3.63, 3.8) is 0 Å². The van der Waals surface area contributed by atoms with E-state index in [-0.39, 0.29) is 13.1 Å². The van der Waals surface area contributed by atoms with Crippen LogP contribution >= 0.6 is 0 Å². The molecular weight excluding hydrogens is 502 g/mol. The fourth-order valence-corrected chi connectivity index (χ4v) is 5.70. The Hall–Kier alpha value is -4.21. The van der Waals surface area contributed by atoms with Gasteiger partial charge >= 0.3 is 0 Å². The molecule has 5 rings (SSSR count). The molecule has 0 bridgehead atoms. The maximum atomic E-state index is 13.6. The zero-order valence-corrected chi connectivity index (χ0v) is 21.7. The van der Waals surface area contributed by atoms with E-state index in [1.54, 1.807) is 67.9 Å². The molecule has 2 amide bonds. The average Bonchev–Trinajstić information content (AvgIpc) is 2.95. The van der Waals surface area contributed by atoms with Crippen molar-refractivity contribution in [1.82, 2.24) is 9.21 Å². The molecule has 0 unspecified atom stereocenters. The van der Waals surface area contributed by atoms with E-state index in [1.807, 2.05) is 35.2 Å². The number of carbonyl (C=O) groups excluding carboxylic acids is 2. The predicted molar refractivity (Wildman–Crippen MR) is 147 cm³/mol. The van der Waals surface area contributed by atoms with Gasteiger partial charge in [0.25, 0.3) is 11.8 Å². The van der Waals surface area contributed by atoms with Crippen LogP contribution < -0.4 is 9.64 Å². The fourth-order valence-electron chi connectivity index (χ4n) is 4.53. The van der Waals surface area contributed by atoms with Crippen LogP contribution in [0, 0.1) is 0 Å². The molecule has 2 heterocycles. The monoisotopic (exact) mass is 529 g/mol. The minimum absolute atomic E-state index is 0.280. The Kier molecular flexibility index (Phi) is 7.13. The Morgan fingerprint density at radius 1 is 0.763 bits per heavy atom. The third-order valence-corrected chi connectivity index (χ3v) is 8.16. The lowest BCUT2D eigenvalue weighted by molar-refractivity contribution is -0.112. The van der Waals surface area contributed by atoms with Crippen molar-refractivity contribution < 1.29 is 22.7 Å². The molecule has 2 aliphatic rings. The molecule has 1 fully saturated rings. The smallest absolute Gasteiger partial charge is 0.267 e.